The lowest BCUT2D eigenvalue weighted by Crippen LogP contribution is -2.24. The zero-order valence-corrected chi connectivity index (χ0v) is 20.0. The summed E-state index contributed by atoms with van der Waals surface area (Å²) in [6.45, 7) is 0.222. The molecular formula is C23H17Cl4N3O3. The molecule has 0 aliphatic heterocycles. The van der Waals surface area contributed by atoms with E-state index < -0.39 is 18.2 Å². The predicted octanol–water partition coefficient (Wildman–Crippen LogP) is 6.36. The number of amides is 2. The van der Waals surface area contributed by atoms with Crippen molar-refractivity contribution in [2.75, 3.05) is 5.32 Å². The highest BCUT2D eigenvalue weighted by Crippen LogP contribution is 2.29. The van der Waals surface area contributed by atoms with Gasteiger partial charge in [-0.05, 0) is 36.4 Å². The Balaban J connectivity index is 1.55. The molecule has 6 nitrogen and oxygen atoms in total. The fourth-order valence-corrected chi connectivity index (χ4v) is 3.48. The van der Waals surface area contributed by atoms with E-state index in [0.717, 1.165) is 5.56 Å². The molecule has 2 amide bonds. The number of hydrazone groups is 1. The number of nitrogens with zero attached hydrogens (tertiary/aromatic N) is 1. The minimum absolute atomic E-state index is 0.197. The maximum Gasteiger partial charge on any atom is 0.249 e. The Morgan fingerprint density at radius 3 is 2.48 bits per heavy atom. The van der Waals surface area contributed by atoms with Crippen LogP contribution in [0.4, 0.5) is 5.69 Å². The van der Waals surface area contributed by atoms with Crippen LogP contribution in [-0.4, -0.2) is 18.0 Å². The topological polar surface area (TPSA) is 79.8 Å². The van der Waals surface area contributed by atoms with E-state index in [1.54, 1.807) is 60.7 Å². The number of carbonyl (C=O) groups is 2. The molecule has 0 saturated heterocycles. The van der Waals surface area contributed by atoms with Crippen molar-refractivity contribution in [2.24, 2.45) is 5.10 Å². The van der Waals surface area contributed by atoms with Crippen LogP contribution in [0.2, 0.25) is 20.1 Å². The van der Waals surface area contributed by atoms with Crippen LogP contribution in [-0.2, 0) is 16.2 Å². The molecule has 10 heteroatoms. The molecule has 0 atom stereocenters. The van der Waals surface area contributed by atoms with Gasteiger partial charge < -0.3 is 10.1 Å². The van der Waals surface area contributed by atoms with Gasteiger partial charge in [0, 0.05) is 21.2 Å². The molecule has 3 aromatic carbocycles. The molecule has 2 N–H and O–H groups in total. The first-order valence-electron chi connectivity index (χ1n) is 9.55. The lowest BCUT2D eigenvalue weighted by Gasteiger charge is -2.10. The first-order chi connectivity index (χ1) is 15.8. The summed E-state index contributed by atoms with van der Waals surface area (Å²) < 4.78 is 5.83. The molecule has 3 aromatic rings. The Labute approximate surface area is 210 Å². The summed E-state index contributed by atoms with van der Waals surface area (Å²) in [6, 6.07) is 17.1. The molecule has 170 valence electrons. The molecule has 3 rings (SSSR count). The van der Waals surface area contributed by atoms with Gasteiger partial charge in [-0.25, -0.2) is 5.43 Å². The van der Waals surface area contributed by atoms with Gasteiger partial charge in [-0.1, -0.05) is 70.7 Å². The van der Waals surface area contributed by atoms with Crippen LogP contribution in [0.25, 0.3) is 0 Å². The third-order valence-electron chi connectivity index (χ3n) is 4.26. The number of halogens is 4. The summed E-state index contributed by atoms with van der Waals surface area (Å²) in [7, 11) is 0. The minimum atomic E-state index is -0.603. The standard InChI is InChI=1S/C23H17Cl4N3O3/c24-16-9-8-15(18(26)10-16)13-33-20-7-2-1-4-14(20)12-28-30-22(32)11-21(31)29-19-6-3-5-17(25)23(19)27/h1-10,12H,11,13H2,(H,29,31)(H,30,32). The van der Waals surface area contributed by atoms with Crippen molar-refractivity contribution in [1.29, 1.82) is 0 Å². The Kier molecular flexibility index (Phi) is 8.97. The third kappa shape index (κ3) is 7.37. The number of anilines is 1. The highest BCUT2D eigenvalue weighted by atomic mass is 35.5. The molecule has 0 aliphatic rings. The SMILES string of the molecule is O=C(CC(=O)Nc1cccc(Cl)c1Cl)NN=Cc1ccccc1OCc1ccc(Cl)cc1Cl. The molecule has 0 heterocycles. The molecule has 0 saturated carbocycles. The van der Waals surface area contributed by atoms with Crippen LogP contribution in [0, 0.1) is 0 Å². The smallest absolute Gasteiger partial charge is 0.249 e. The molecule has 0 spiro atoms. The van der Waals surface area contributed by atoms with E-state index in [9.17, 15) is 9.59 Å². The fourth-order valence-electron chi connectivity index (χ4n) is 2.67. The highest BCUT2D eigenvalue weighted by molar-refractivity contribution is 6.44. The summed E-state index contributed by atoms with van der Waals surface area (Å²) in [6.07, 6.45) is 0.968. The Morgan fingerprint density at radius 1 is 0.909 bits per heavy atom. The normalized spacial score (nSPS) is 10.8. The average molecular weight is 525 g/mol. The first kappa shape index (κ1) is 24.9. The summed E-state index contributed by atoms with van der Waals surface area (Å²) in [5.41, 5.74) is 4.02. The maximum atomic E-state index is 12.1. The molecule has 33 heavy (non-hydrogen) atoms. The maximum absolute atomic E-state index is 12.1. The van der Waals surface area contributed by atoms with Gasteiger partial charge in [-0.3, -0.25) is 9.59 Å². The van der Waals surface area contributed by atoms with Gasteiger partial charge in [-0.15, -0.1) is 0 Å². The fraction of sp³-hybridized carbons (Fsp3) is 0.0870. The summed E-state index contributed by atoms with van der Waals surface area (Å²) >= 11 is 24.0. The van der Waals surface area contributed by atoms with E-state index >= 15 is 0 Å². The molecule has 0 bridgehead atoms. The van der Waals surface area contributed by atoms with Gasteiger partial charge in [-0.2, -0.15) is 5.10 Å². The first-order valence-corrected chi connectivity index (χ1v) is 11.1. The Morgan fingerprint density at radius 2 is 1.70 bits per heavy atom. The third-order valence-corrected chi connectivity index (χ3v) is 5.66. The van der Waals surface area contributed by atoms with E-state index in [1.807, 2.05) is 0 Å². The predicted molar refractivity (Wildman–Crippen MR) is 133 cm³/mol. The van der Waals surface area contributed by atoms with E-state index in [2.05, 4.69) is 15.8 Å². The summed E-state index contributed by atoms with van der Waals surface area (Å²) in [4.78, 5) is 24.1. The van der Waals surface area contributed by atoms with Crippen LogP contribution >= 0.6 is 46.4 Å². The van der Waals surface area contributed by atoms with Crippen LogP contribution < -0.4 is 15.5 Å². The number of hydrogen-bond acceptors (Lipinski definition) is 4. The second kappa shape index (κ2) is 11.9. The monoisotopic (exact) mass is 523 g/mol. The Hall–Kier alpha value is -2.77. The Bertz CT molecular complexity index is 1200. The van der Waals surface area contributed by atoms with E-state index in [4.69, 9.17) is 51.1 Å². The number of ether oxygens (including phenoxy) is 1. The van der Waals surface area contributed by atoms with Crippen molar-refractivity contribution >= 4 is 70.1 Å². The molecule has 0 aliphatic carbocycles. The van der Waals surface area contributed by atoms with Crippen LogP contribution in [0.1, 0.15) is 17.5 Å². The molecular weight excluding hydrogens is 508 g/mol. The van der Waals surface area contributed by atoms with Crippen molar-refractivity contribution in [3.63, 3.8) is 0 Å². The minimum Gasteiger partial charge on any atom is -0.488 e. The molecule has 0 radical (unpaired) electrons. The lowest BCUT2D eigenvalue weighted by atomic mass is 10.2. The number of carbonyl (C=O) groups excluding carboxylic acids is 2. The van der Waals surface area contributed by atoms with Crippen LogP contribution in [0.15, 0.2) is 65.8 Å². The van der Waals surface area contributed by atoms with Crippen molar-refractivity contribution in [3.05, 3.63) is 91.9 Å². The van der Waals surface area contributed by atoms with Gasteiger partial charge in [0.15, 0.2) is 0 Å². The number of nitrogens with one attached hydrogen (secondary N) is 2. The van der Waals surface area contributed by atoms with E-state index in [-0.39, 0.29) is 11.6 Å². The quantitative estimate of drug-likeness (QED) is 0.204. The van der Waals surface area contributed by atoms with Crippen molar-refractivity contribution in [2.45, 2.75) is 13.0 Å². The lowest BCUT2D eigenvalue weighted by molar-refractivity contribution is -0.126. The van der Waals surface area contributed by atoms with Crippen LogP contribution in [0.5, 0.6) is 5.75 Å². The number of hydrogen-bond donors (Lipinski definition) is 2. The zero-order chi connectivity index (χ0) is 23.8. The molecule has 0 unspecified atom stereocenters. The van der Waals surface area contributed by atoms with E-state index in [0.29, 0.717) is 32.1 Å². The van der Waals surface area contributed by atoms with Crippen LogP contribution in [0.3, 0.4) is 0 Å². The van der Waals surface area contributed by atoms with Gasteiger partial charge in [0.1, 0.15) is 18.8 Å². The van der Waals surface area contributed by atoms with Gasteiger partial charge in [0.25, 0.3) is 0 Å². The second-order valence-corrected chi connectivity index (χ2v) is 8.31. The summed E-state index contributed by atoms with van der Waals surface area (Å²) in [5, 5.41) is 7.96. The largest absolute Gasteiger partial charge is 0.488 e. The highest BCUT2D eigenvalue weighted by Gasteiger charge is 2.12. The van der Waals surface area contributed by atoms with Crippen molar-refractivity contribution in [3.8, 4) is 5.75 Å². The number of benzene rings is 3. The average Bonchev–Trinajstić information content (AvgIpc) is 2.77. The summed E-state index contributed by atoms with van der Waals surface area (Å²) in [5.74, 6) is -0.626. The molecule has 0 aromatic heterocycles. The number of para-hydroxylation sites is 1. The van der Waals surface area contributed by atoms with Crippen molar-refractivity contribution < 1.29 is 14.3 Å². The number of rotatable bonds is 8. The van der Waals surface area contributed by atoms with Gasteiger partial charge in [0.05, 0.1) is 21.9 Å². The molecule has 0 fully saturated rings. The van der Waals surface area contributed by atoms with E-state index in [1.165, 1.54) is 6.21 Å². The van der Waals surface area contributed by atoms with Crippen molar-refractivity contribution in [1.82, 2.24) is 5.43 Å². The van der Waals surface area contributed by atoms with Gasteiger partial charge in [0.2, 0.25) is 11.8 Å². The second-order valence-electron chi connectivity index (χ2n) is 6.68. The zero-order valence-electron chi connectivity index (χ0n) is 16.9. The van der Waals surface area contributed by atoms with Gasteiger partial charge >= 0.3 is 0 Å².